The SMILES string of the molecule is CC(C)(C(=O)Nc1ccc(C#N)cc1Cl)N1CCNCC1. The molecule has 1 saturated heterocycles. The summed E-state index contributed by atoms with van der Waals surface area (Å²) in [6.07, 6.45) is 0. The first-order valence-corrected chi connectivity index (χ1v) is 7.30. The van der Waals surface area contributed by atoms with E-state index in [0.29, 0.717) is 16.3 Å². The van der Waals surface area contributed by atoms with Crippen molar-refractivity contribution in [1.82, 2.24) is 10.2 Å². The van der Waals surface area contributed by atoms with Gasteiger partial charge in [-0.15, -0.1) is 0 Å². The number of nitrogens with one attached hydrogen (secondary N) is 2. The van der Waals surface area contributed by atoms with Gasteiger partial charge < -0.3 is 10.6 Å². The molecule has 0 bridgehead atoms. The third-order valence-electron chi connectivity index (χ3n) is 3.81. The summed E-state index contributed by atoms with van der Waals surface area (Å²) >= 11 is 6.10. The average Bonchev–Trinajstić information content (AvgIpc) is 2.50. The number of nitriles is 1. The molecule has 1 amide bonds. The molecule has 112 valence electrons. The van der Waals surface area contributed by atoms with Gasteiger partial charge in [-0.05, 0) is 32.0 Å². The summed E-state index contributed by atoms with van der Waals surface area (Å²) < 4.78 is 0. The lowest BCUT2D eigenvalue weighted by atomic mass is 10.00. The molecule has 0 radical (unpaired) electrons. The maximum Gasteiger partial charge on any atom is 0.244 e. The number of hydrogen-bond donors (Lipinski definition) is 2. The highest BCUT2D eigenvalue weighted by Crippen LogP contribution is 2.25. The molecule has 2 rings (SSSR count). The van der Waals surface area contributed by atoms with Gasteiger partial charge in [-0.3, -0.25) is 9.69 Å². The Kier molecular flexibility index (Phi) is 4.84. The quantitative estimate of drug-likeness (QED) is 0.894. The number of carbonyl (C=O) groups is 1. The van der Waals surface area contributed by atoms with E-state index in [1.165, 1.54) is 0 Å². The highest BCUT2D eigenvalue weighted by atomic mass is 35.5. The van der Waals surface area contributed by atoms with Crippen LogP contribution in [0.3, 0.4) is 0 Å². The monoisotopic (exact) mass is 306 g/mol. The first kappa shape index (κ1) is 15.8. The molecule has 0 aromatic heterocycles. The third kappa shape index (κ3) is 3.53. The van der Waals surface area contributed by atoms with E-state index >= 15 is 0 Å². The molecule has 1 heterocycles. The molecule has 2 N–H and O–H groups in total. The summed E-state index contributed by atoms with van der Waals surface area (Å²) in [6, 6.07) is 6.87. The number of benzene rings is 1. The van der Waals surface area contributed by atoms with Crippen LogP contribution in [0.2, 0.25) is 5.02 Å². The zero-order chi connectivity index (χ0) is 15.5. The number of nitrogens with zero attached hydrogens (tertiary/aromatic N) is 2. The number of halogens is 1. The Balaban J connectivity index is 2.11. The maximum atomic E-state index is 12.5. The van der Waals surface area contributed by atoms with Gasteiger partial charge in [0.15, 0.2) is 0 Å². The molecule has 1 aromatic carbocycles. The van der Waals surface area contributed by atoms with E-state index in [1.54, 1.807) is 18.2 Å². The summed E-state index contributed by atoms with van der Waals surface area (Å²) in [6.45, 7) is 7.25. The number of anilines is 1. The Hall–Kier alpha value is -1.61. The number of rotatable bonds is 3. The van der Waals surface area contributed by atoms with Gasteiger partial charge >= 0.3 is 0 Å². The van der Waals surface area contributed by atoms with Crippen molar-refractivity contribution in [3.63, 3.8) is 0 Å². The predicted octanol–water partition coefficient (Wildman–Crippen LogP) is 1.83. The Morgan fingerprint density at radius 3 is 2.67 bits per heavy atom. The van der Waals surface area contributed by atoms with Crippen molar-refractivity contribution in [1.29, 1.82) is 5.26 Å². The lowest BCUT2D eigenvalue weighted by Gasteiger charge is -2.39. The van der Waals surface area contributed by atoms with E-state index in [0.717, 1.165) is 26.2 Å². The lowest BCUT2D eigenvalue weighted by Crippen LogP contribution is -2.58. The van der Waals surface area contributed by atoms with Gasteiger partial charge in [0.25, 0.3) is 0 Å². The summed E-state index contributed by atoms with van der Waals surface area (Å²) in [5.41, 5.74) is 0.391. The number of amides is 1. The third-order valence-corrected chi connectivity index (χ3v) is 4.12. The van der Waals surface area contributed by atoms with Crippen molar-refractivity contribution in [3.8, 4) is 6.07 Å². The average molecular weight is 307 g/mol. The molecule has 1 fully saturated rings. The fourth-order valence-corrected chi connectivity index (χ4v) is 2.56. The molecular formula is C15H19ClN4O. The normalized spacial score (nSPS) is 16.3. The second-order valence-electron chi connectivity index (χ2n) is 5.56. The molecule has 1 aromatic rings. The highest BCUT2D eigenvalue weighted by Gasteiger charge is 2.35. The molecule has 5 nitrogen and oxygen atoms in total. The maximum absolute atomic E-state index is 12.5. The van der Waals surface area contributed by atoms with Crippen LogP contribution >= 0.6 is 11.6 Å². The zero-order valence-electron chi connectivity index (χ0n) is 12.2. The van der Waals surface area contributed by atoms with E-state index in [4.69, 9.17) is 16.9 Å². The molecular weight excluding hydrogens is 288 g/mol. The van der Waals surface area contributed by atoms with Gasteiger partial charge in [0.1, 0.15) is 0 Å². The molecule has 0 saturated carbocycles. The predicted molar refractivity (Wildman–Crippen MR) is 83.3 cm³/mol. The van der Waals surface area contributed by atoms with Crippen LogP contribution in [-0.4, -0.2) is 42.5 Å². The van der Waals surface area contributed by atoms with Crippen LogP contribution in [0.5, 0.6) is 0 Å². The van der Waals surface area contributed by atoms with Gasteiger partial charge in [-0.25, -0.2) is 0 Å². The second kappa shape index (κ2) is 6.44. The molecule has 1 aliphatic heterocycles. The highest BCUT2D eigenvalue weighted by molar-refractivity contribution is 6.33. The first-order chi connectivity index (χ1) is 9.95. The standard InChI is InChI=1S/C15H19ClN4O/c1-15(2,20-7-5-18-6-8-20)14(21)19-13-4-3-11(10-17)9-12(13)16/h3-4,9,18H,5-8H2,1-2H3,(H,19,21). The summed E-state index contributed by atoms with van der Waals surface area (Å²) in [7, 11) is 0. The van der Waals surface area contributed by atoms with Gasteiger partial charge in [0.05, 0.1) is 27.9 Å². The number of carbonyl (C=O) groups excluding carboxylic acids is 1. The number of piperazine rings is 1. The summed E-state index contributed by atoms with van der Waals surface area (Å²) in [5.74, 6) is -0.101. The van der Waals surface area contributed by atoms with Crippen molar-refractivity contribution in [2.75, 3.05) is 31.5 Å². The van der Waals surface area contributed by atoms with Crippen LogP contribution < -0.4 is 10.6 Å². The smallest absolute Gasteiger partial charge is 0.244 e. The minimum atomic E-state index is -0.612. The van der Waals surface area contributed by atoms with Crippen LogP contribution in [0.4, 0.5) is 5.69 Å². The minimum absolute atomic E-state index is 0.101. The lowest BCUT2D eigenvalue weighted by molar-refractivity contribution is -0.126. The molecule has 0 atom stereocenters. The van der Waals surface area contributed by atoms with E-state index < -0.39 is 5.54 Å². The number of hydrogen-bond acceptors (Lipinski definition) is 4. The van der Waals surface area contributed by atoms with E-state index in [2.05, 4.69) is 15.5 Å². The molecule has 21 heavy (non-hydrogen) atoms. The van der Waals surface area contributed by atoms with E-state index in [-0.39, 0.29) is 5.91 Å². The van der Waals surface area contributed by atoms with Crippen LogP contribution in [0.1, 0.15) is 19.4 Å². The molecule has 0 aliphatic carbocycles. The zero-order valence-corrected chi connectivity index (χ0v) is 13.0. The minimum Gasteiger partial charge on any atom is -0.323 e. The van der Waals surface area contributed by atoms with Gasteiger partial charge in [-0.1, -0.05) is 11.6 Å². The van der Waals surface area contributed by atoms with Crippen molar-refractivity contribution in [3.05, 3.63) is 28.8 Å². The van der Waals surface area contributed by atoms with Crippen LogP contribution in [0.15, 0.2) is 18.2 Å². The van der Waals surface area contributed by atoms with Crippen molar-refractivity contribution in [2.24, 2.45) is 0 Å². The second-order valence-corrected chi connectivity index (χ2v) is 5.96. The first-order valence-electron chi connectivity index (χ1n) is 6.92. The van der Waals surface area contributed by atoms with Crippen LogP contribution in [-0.2, 0) is 4.79 Å². The molecule has 1 aliphatic rings. The fraction of sp³-hybridized carbons (Fsp3) is 0.467. The van der Waals surface area contributed by atoms with Crippen LogP contribution in [0, 0.1) is 11.3 Å². The van der Waals surface area contributed by atoms with Crippen molar-refractivity contribution >= 4 is 23.2 Å². The Labute approximate surface area is 129 Å². The van der Waals surface area contributed by atoms with Crippen LogP contribution in [0.25, 0.3) is 0 Å². The largest absolute Gasteiger partial charge is 0.323 e. The van der Waals surface area contributed by atoms with E-state index in [1.807, 2.05) is 19.9 Å². The molecule has 0 spiro atoms. The topological polar surface area (TPSA) is 68.2 Å². The Morgan fingerprint density at radius 2 is 2.10 bits per heavy atom. The van der Waals surface area contributed by atoms with E-state index in [9.17, 15) is 4.79 Å². The fourth-order valence-electron chi connectivity index (χ4n) is 2.33. The van der Waals surface area contributed by atoms with Crippen molar-refractivity contribution in [2.45, 2.75) is 19.4 Å². The summed E-state index contributed by atoms with van der Waals surface area (Å²) in [5, 5.41) is 15.3. The molecule has 6 heteroatoms. The van der Waals surface area contributed by atoms with Gasteiger partial charge in [-0.2, -0.15) is 5.26 Å². The van der Waals surface area contributed by atoms with Gasteiger partial charge in [0.2, 0.25) is 5.91 Å². The van der Waals surface area contributed by atoms with Crippen molar-refractivity contribution < 1.29 is 4.79 Å². The molecule has 0 unspecified atom stereocenters. The van der Waals surface area contributed by atoms with Gasteiger partial charge in [0, 0.05) is 26.2 Å². The Bertz CT molecular complexity index is 574. The Morgan fingerprint density at radius 1 is 1.43 bits per heavy atom. The summed E-state index contributed by atoms with van der Waals surface area (Å²) in [4.78, 5) is 14.7.